The molecule has 35 heavy (non-hydrogen) atoms. The molecule has 3 aromatic carbocycles. The Bertz CT molecular complexity index is 1510. The average molecular weight is 642 g/mol. The van der Waals surface area contributed by atoms with Crippen LogP contribution in [0.25, 0.3) is 31.1 Å². The van der Waals surface area contributed by atoms with Gasteiger partial charge in [0.1, 0.15) is 17.0 Å². The standard InChI is InChI=1S/C26H14Br2N2O2S3/c27-19-13-11-17(33-19)21-23-26(35-30-29-23)22(18-12-14-20(28)34-18)25(32-16-9-5-2-6-10-16)24(21)31-15-7-3-1-4-8-15/h1-14H. The van der Waals surface area contributed by atoms with E-state index in [9.17, 15) is 0 Å². The van der Waals surface area contributed by atoms with E-state index in [0.29, 0.717) is 17.2 Å². The molecular weight excluding hydrogens is 628 g/mol. The first-order valence-corrected chi connectivity index (χ1v) is 14.5. The molecular formula is C26H14Br2N2O2S3. The van der Waals surface area contributed by atoms with Crippen molar-refractivity contribution in [2.45, 2.75) is 0 Å². The molecule has 0 bridgehead atoms. The van der Waals surface area contributed by atoms with Crippen molar-refractivity contribution in [2.75, 3.05) is 0 Å². The molecule has 3 aromatic heterocycles. The summed E-state index contributed by atoms with van der Waals surface area (Å²) in [5.41, 5.74) is 2.56. The minimum absolute atomic E-state index is 0.606. The number of rotatable bonds is 6. The van der Waals surface area contributed by atoms with Crippen molar-refractivity contribution in [3.63, 3.8) is 0 Å². The quantitative estimate of drug-likeness (QED) is 0.181. The maximum atomic E-state index is 6.63. The average Bonchev–Trinajstić information content (AvgIpc) is 3.62. The Labute approximate surface area is 230 Å². The van der Waals surface area contributed by atoms with Gasteiger partial charge in [-0.05, 0) is 91.9 Å². The molecule has 0 saturated heterocycles. The van der Waals surface area contributed by atoms with Crippen LogP contribution in [-0.2, 0) is 0 Å². The summed E-state index contributed by atoms with van der Waals surface area (Å²) in [4.78, 5) is 2.05. The molecule has 0 aliphatic carbocycles. The number of benzene rings is 3. The Balaban J connectivity index is 1.71. The molecule has 0 radical (unpaired) electrons. The second-order valence-corrected chi connectivity index (χ2v) is 13.1. The van der Waals surface area contributed by atoms with E-state index in [-0.39, 0.29) is 0 Å². The molecule has 0 saturated carbocycles. The van der Waals surface area contributed by atoms with Crippen molar-refractivity contribution in [3.05, 3.63) is 92.5 Å². The number of hydrogen-bond acceptors (Lipinski definition) is 7. The molecule has 0 fully saturated rings. The second kappa shape index (κ2) is 9.83. The lowest BCUT2D eigenvalue weighted by Crippen LogP contribution is -1.97. The number of halogens is 2. The van der Waals surface area contributed by atoms with Gasteiger partial charge in [0.2, 0.25) is 0 Å². The van der Waals surface area contributed by atoms with Gasteiger partial charge in [0.15, 0.2) is 11.5 Å². The van der Waals surface area contributed by atoms with E-state index in [2.05, 4.69) is 53.6 Å². The van der Waals surface area contributed by atoms with Crippen LogP contribution in [0.3, 0.4) is 0 Å². The van der Waals surface area contributed by atoms with Gasteiger partial charge < -0.3 is 9.47 Å². The zero-order valence-electron chi connectivity index (χ0n) is 17.8. The first-order valence-electron chi connectivity index (χ1n) is 10.5. The van der Waals surface area contributed by atoms with Crippen LogP contribution in [0.15, 0.2) is 92.5 Å². The summed E-state index contributed by atoms with van der Waals surface area (Å²) in [7, 11) is 0. The lowest BCUT2D eigenvalue weighted by molar-refractivity contribution is 0.422. The number of nitrogens with zero attached hydrogens (tertiary/aromatic N) is 2. The predicted octanol–water partition coefficient (Wildman–Crippen LogP) is 10.3. The van der Waals surface area contributed by atoms with Crippen molar-refractivity contribution < 1.29 is 9.47 Å². The fraction of sp³-hybridized carbons (Fsp3) is 0. The van der Waals surface area contributed by atoms with E-state index in [1.807, 2.05) is 72.8 Å². The van der Waals surface area contributed by atoms with Crippen molar-refractivity contribution in [1.82, 2.24) is 9.59 Å². The fourth-order valence-corrected chi connectivity index (χ4v) is 7.37. The Morgan fingerprint density at radius 1 is 0.600 bits per heavy atom. The van der Waals surface area contributed by atoms with Crippen LogP contribution in [0.5, 0.6) is 23.0 Å². The highest BCUT2D eigenvalue weighted by molar-refractivity contribution is 9.11. The minimum Gasteiger partial charge on any atom is -0.453 e. The Hall–Kier alpha value is -2.56. The van der Waals surface area contributed by atoms with Gasteiger partial charge in [-0.3, -0.25) is 0 Å². The molecule has 3 heterocycles. The van der Waals surface area contributed by atoms with Crippen molar-refractivity contribution in [2.24, 2.45) is 0 Å². The van der Waals surface area contributed by atoms with Crippen LogP contribution in [0.1, 0.15) is 0 Å². The van der Waals surface area contributed by atoms with Gasteiger partial charge in [0, 0.05) is 9.75 Å². The van der Waals surface area contributed by atoms with E-state index in [0.717, 1.165) is 44.4 Å². The van der Waals surface area contributed by atoms with E-state index in [4.69, 9.17) is 9.47 Å². The molecule has 4 nitrogen and oxygen atoms in total. The summed E-state index contributed by atoms with van der Waals surface area (Å²) in [5.74, 6) is 2.67. The van der Waals surface area contributed by atoms with Gasteiger partial charge in [0.05, 0.1) is 23.4 Å². The maximum Gasteiger partial charge on any atom is 0.181 e. The monoisotopic (exact) mass is 640 g/mol. The third kappa shape index (κ3) is 4.54. The van der Waals surface area contributed by atoms with Gasteiger partial charge in [-0.2, -0.15) is 0 Å². The SMILES string of the molecule is Brc1ccc(-c2c(Oc3ccccc3)c(Oc3ccccc3)c(-c3ccc(Br)s3)c3snnc23)s1. The third-order valence-electron chi connectivity index (χ3n) is 5.18. The molecule has 9 heteroatoms. The summed E-state index contributed by atoms with van der Waals surface area (Å²) in [6.07, 6.45) is 0. The van der Waals surface area contributed by atoms with Crippen molar-refractivity contribution >= 4 is 76.3 Å². The van der Waals surface area contributed by atoms with Crippen molar-refractivity contribution in [3.8, 4) is 43.9 Å². The molecule has 0 amide bonds. The molecule has 0 unspecified atom stereocenters. The molecule has 0 N–H and O–H groups in total. The van der Waals surface area contributed by atoms with E-state index >= 15 is 0 Å². The highest BCUT2D eigenvalue weighted by Crippen LogP contribution is 2.55. The summed E-state index contributed by atoms with van der Waals surface area (Å²) in [6, 6.07) is 27.7. The number of para-hydroxylation sites is 2. The highest BCUT2D eigenvalue weighted by atomic mass is 79.9. The number of hydrogen-bond donors (Lipinski definition) is 0. The van der Waals surface area contributed by atoms with Gasteiger partial charge in [0.25, 0.3) is 0 Å². The van der Waals surface area contributed by atoms with Crippen LogP contribution in [0.2, 0.25) is 0 Å². The Morgan fingerprint density at radius 2 is 1.11 bits per heavy atom. The van der Waals surface area contributed by atoms with Gasteiger partial charge in [-0.1, -0.05) is 40.9 Å². The van der Waals surface area contributed by atoms with Gasteiger partial charge in [-0.25, -0.2) is 0 Å². The summed E-state index contributed by atoms with van der Waals surface area (Å²) in [5, 5.41) is 4.56. The van der Waals surface area contributed by atoms with Crippen LogP contribution < -0.4 is 9.47 Å². The lowest BCUT2D eigenvalue weighted by atomic mass is 10.0. The van der Waals surface area contributed by atoms with E-state index in [1.165, 1.54) is 11.5 Å². The topological polar surface area (TPSA) is 44.2 Å². The smallest absolute Gasteiger partial charge is 0.181 e. The largest absolute Gasteiger partial charge is 0.453 e. The Morgan fingerprint density at radius 3 is 1.63 bits per heavy atom. The minimum atomic E-state index is 0.606. The summed E-state index contributed by atoms with van der Waals surface area (Å²) < 4.78 is 20.6. The molecule has 172 valence electrons. The van der Waals surface area contributed by atoms with Crippen LogP contribution in [0, 0.1) is 0 Å². The van der Waals surface area contributed by atoms with Crippen molar-refractivity contribution in [1.29, 1.82) is 0 Å². The van der Waals surface area contributed by atoms with Gasteiger partial charge in [-0.15, -0.1) is 27.8 Å². The molecule has 0 aliphatic rings. The normalized spacial score (nSPS) is 11.1. The van der Waals surface area contributed by atoms with Crippen LogP contribution in [0.4, 0.5) is 0 Å². The first kappa shape index (κ1) is 22.9. The molecule has 0 atom stereocenters. The number of fused-ring (bicyclic) bond motifs is 1. The Kier molecular flexibility index (Phi) is 6.42. The van der Waals surface area contributed by atoms with Crippen LogP contribution >= 0.6 is 66.1 Å². The first-order chi connectivity index (χ1) is 17.2. The predicted molar refractivity (Wildman–Crippen MR) is 152 cm³/mol. The van der Waals surface area contributed by atoms with Gasteiger partial charge >= 0.3 is 0 Å². The maximum absolute atomic E-state index is 6.63. The molecule has 6 aromatic rings. The number of aromatic nitrogens is 2. The second-order valence-electron chi connectivity index (χ2n) is 7.40. The highest BCUT2D eigenvalue weighted by Gasteiger charge is 2.29. The summed E-state index contributed by atoms with van der Waals surface area (Å²) in [6.45, 7) is 0. The van der Waals surface area contributed by atoms with Crippen LogP contribution in [-0.4, -0.2) is 9.59 Å². The molecule has 0 spiro atoms. The summed E-state index contributed by atoms with van der Waals surface area (Å²) >= 11 is 11.8. The zero-order chi connectivity index (χ0) is 23.8. The number of ether oxygens (including phenoxy) is 2. The fourth-order valence-electron chi connectivity index (χ4n) is 3.71. The molecule has 6 rings (SSSR count). The number of thiophene rings is 2. The third-order valence-corrected chi connectivity index (χ3v) is 9.20. The zero-order valence-corrected chi connectivity index (χ0v) is 23.4. The lowest BCUT2D eigenvalue weighted by Gasteiger charge is -2.19. The van der Waals surface area contributed by atoms with E-state index in [1.54, 1.807) is 22.7 Å². The van der Waals surface area contributed by atoms with E-state index < -0.39 is 0 Å². The molecule has 0 aliphatic heterocycles.